The van der Waals surface area contributed by atoms with Crippen LogP contribution in [0.5, 0.6) is 0 Å². The number of alkyl carbamates (subject to hydrolysis) is 1. The number of esters is 3. The van der Waals surface area contributed by atoms with Crippen molar-refractivity contribution in [3.63, 3.8) is 0 Å². The van der Waals surface area contributed by atoms with Gasteiger partial charge in [-0.15, -0.1) is 0 Å². The third-order valence-corrected chi connectivity index (χ3v) is 5.56. The second-order valence-corrected chi connectivity index (χ2v) is 13.7. The summed E-state index contributed by atoms with van der Waals surface area (Å²) in [5, 5.41) is 7.59. The van der Waals surface area contributed by atoms with Crippen molar-refractivity contribution in [3.05, 3.63) is 35.9 Å². The van der Waals surface area contributed by atoms with Gasteiger partial charge in [-0.25, -0.2) is 14.4 Å². The van der Waals surface area contributed by atoms with E-state index < -0.39 is 71.1 Å². The molecule has 3 amide bonds. The fourth-order valence-corrected chi connectivity index (χ4v) is 3.76. The van der Waals surface area contributed by atoms with Gasteiger partial charge in [-0.2, -0.15) is 0 Å². The Morgan fingerprint density at radius 3 is 1.74 bits per heavy atom. The number of hydrogen-bond donors (Lipinski definition) is 3. The van der Waals surface area contributed by atoms with Crippen LogP contribution in [0.2, 0.25) is 0 Å². The van der Waals surface area contributed by atoms with E-state index in [0.29, 0.717) is 0 Å². The first-order valence-electron chi connectivity index (χ1n) is 15.3. The van der Waals surface area contributed by atoms with Crippen LogP contribution in [0.25, 0.3) is 0 Å². The number of amides is 3. The molecule has 46 heavy (non-hydrogen) atoms. The fourth-order valence-electron chi connectivity index (χ4n) is 3.76. The molecule has 0 unspecified atom stereocenters. The van der Waals surface area contributed by atoms with E-state index >= 15 is 0 Å². The Bertz CT molecular complexity index is 1180. The molecule has 1 aromatic rings. The molecule has 3 N–H and O–H groups in total. The minimum Gasteiger partial charge on any atom is -0.460 e. The van der Waals surface area contributed by atoms with Crippen molar-refractivity contribution in [1.82, 2.24) is 16.0 Å². The largest absolute Gasteiger partial charge is 0.460 e. The van der Waals surface area contributed by atoms with Gasteiger partial charge in [-0.05, 0) is 80.7 Å². The van der Waals surface area contributed by atoms with Crippen molar-refractivity contribution in [2.75, 3.05) is 6.54 Å². The molecular formula is C33H51N3O10. The highest BCUT2D eigenvalue weighted by molar-refractivity contribution is 5.91. The molecule has 0 fully saturated rings. The van der Waals surface area contributed by atoms with Gasteiger partial charge in [-0.1, -0.05) is 30.3 Å². The van der Waals surface area contributed by atoms with Crippen LogP contribution in [-0.2, 0) is 49.5 Å². The van der Waals surface area contributed by atoms with Gasteiger partial charge in [0, 0.05) is 19.4 Å². The summed E-state index contributed by atoms with van der Waals surface area (Å²) in [5.74, 6) is -3.48. The first kappa shape index (κ1) is 39.9. The van der Waals surface area contributed by atoms with E-state index in [1.54, 1.807) is 62.3 Å². The van der Waals surface area contributed by atoms with Crippen LogP contribution >= 0.6 is 0 Å². The van der Waals surface area contributed by atoms with Crippen molar-refractivity contribution < 1.29 is 47.7 Å². The lowest BCUT2D eigenvalue weighted by atomic mass is 10.1. The van der Waals surface area contributed by atoms with Gasteiger partial charge in [0.1, 0.15) is 35.5 Å². The Hall–Kier alpha value is -4.16. The maximum atomic E-state index is 13.1. The van der Waals surface area contributed by atoms with Gasteiger partial charge in [0.25, 0.3) is 0 Å². The number of hydrogen-bond acceptors (Lipinski definition) is 10. The molecule has 1 aromatic carbocycles. The molecule has 258 valence electrons. The quantitative estimate of drug-likeness (QED) is 0.144. The van der Waals surface area contributed by atoms with Crippen molar-refractivity contribution in [3.8, 4) is 0 Å². The van der Waals surface area contributed by atoms with Crippen LogP contribution in [0.1, 0.15) is 100.0 Å². The number of nitrogens with one attached hydrogen (secondary N) is 3. The Kier molecular flexibility index (Phi) is 15.7. The molecule has 13 nitrogen and oxygen atoms in total. The van der Waals surface area contributed by atoms with Crippen LogP contribution < -0.4 is 16.0 Å². The van der Waals surface area contributed by atoms with Crippen LogP contribution in [0.4, 0.5) is 4.79 Å². The topological polar surface area (TPSA) is 175 Å². The van der Waals surface area contributed by atoms with E-state index in [2.05, 4.69) is 16.0 Å². The number of benzene rings is 1. The van der Waals surface area contributed by atoms with Crippen LogP contribution in [-0.4, -0.2) is 71.2 Å². The maximum Gasteiger partial charge on any atom is 0.407 e. The predicted molar refractivity (Wildman–Crippen MR) is 169 cm³/mol. The minimum absolute atomic E-state index is 0.0731. The van der Waals surface area contributed by atoms with Gasteiger partial charge in [-0.3, -0.25) is 14.4 Å². The van der Waals surface area contributed by atoms with Crippen molar-refractivity contribution in [2.45, 2.75) is 130 Å². The van der Waals surface area contributed by atoms with E-state index in [-0.39, 0.29) is 38.8 Å². The molecule has 0 aliphatic heterocycles. The molecule has 0 heterocycles. The highest BCUT2D eigenvalue weighted by atomic mass is 16.6. The second kappa shape index (κ2) is 18.1. The molecule has 13 heteroatoms. The molecule has 0 aliphatic rings. The normalized spacial score (nSPS) is 13.0. The zero-order valence-electron chi connectivity index (χ0n) is 28.6. The van der Waals surface area contributed by atoms with E-state index in [0.717, 1.165) is 5.56 Å². The van der Waals surface area contributed by atoms with Crippen molar-refractivity contribution >= 4 is 35.8 Å². The molecular weight excluding hydrogens is 598 g/mol. The standard InChI is InChI=1S/C33H51N3O10/c1-31(2,3)44-27(39)18-17-23(28(40)45-32(4,5)6)35-26(38)20-24(29(41)46-33(7,8)9)36-25(37)16-13-19-34-30(42)43-21-22-14-11-10-12-15-22/h10-12,14-15,23-24H,13,16-21H2,1-9H3,(H,34,42)(H,35,38)(H,36,37)/t23-,24-/m0/s1. The zero-order chi connectivity index (χ0) is 35.1. The van der Waals surface area contributed by atoms with E-state index in [1.165, 1.54) is 0 Å². The van der Waals surface area contributed by atoms with Crippen LogP contribution in [0.3, 0.4) is 0 Å². The van der Waals surface area contributed by atoms with Crippen molar-refractivity contribution in [2.24, 2.45) is 0 Å². The Morgan fingerprint density at radius 1 is 0.674 bits per heavy atom. The number of carbonyl (C=O) groups excluding carboxylic acids is 6. The predicted octanol–water partition coefficient (Wildman–Crippen LogP) is 3.86. The lowest BCUT2D eigenvalue weighted by Crippen LogP contribution is -2.50. The molecule has 0 bridgehead atoms. The SMILES string of the molecule is CC(C)(C)OC(=O)CC[C@H](NC(=O)C[C@H](NC(=O)CCCNC(=O)OCc1ccccc1)C(=O)OC(C)(C)C)C(=O)OC(C)(C)C. The van der Waals surface area contributed by atoms with Gasteiger partial charge in [0.2, 0.25) is 11.8 Å². The number of rotatable bonds is 15. The lowest BCUT2D eigenvalue weighted by molar-refractivity contribution is -0.160. The minimum atomic E-state index is -1.37. The summed E-state index contributed by atoms with van der Waals surface area (Å²) in [7, 11) is 0. The first-order chi connectivity index (χ1) is 21.1. The summed E-state index contributed by atoms with van der Waals surface area (Å²) in [5.41, 5.74) is -1.68. The molecule has 0 radical (unpaired) electrons. The fraction of sp³-hybridized carbons (Fsp3) is 0.636. The smallest absolute Gasteiger partial charge is 0.407 e. The summed E-state index contributed by atoms with van der Waals surface area (Å²) in [6.07, 6.45) is -1.32. The third-order valence-electron chi connectivity index (χ3n) is 5.56. The first-order valence-corrected chi connectivity index (χ1v) is 15.3. The molecule has 0 saturated carbocycles. The van der Waals surface area contributed by atoms with Crippen molar-refractivity contribution in [1.29, 1.82) is 0 Å². The highest BCUT2D eigenvalue weighted by Gasteiger charge is 2.32. The van der Waals surface area contributed by atoms with E-state index in [1.807, 2.05) is 30.3 Å². The van der Waals surface area contributed by atoms with E-state index in [9.17, 15) is 28.8 Å². The second-order valence-electron chi connectivity index (χ2n) is 13.7. The maximum absolute atomic E-state index is 13.1. The van der Waals surface area contributed by atoms with E-state index in [4.69, 9.17) is 18.9 Å². The summed E-state index contributed by atoms with van der Waals surface area (Å²) < 4.78 is 21.3. The van der Waals surface area contributed by atoms with Gasteiger partial charge in [0.15, 0.2) is 0 Å². The van der Waals surface area contributed by atoms with Crippen LogP contribution in [0.15, 0.2) is 30.3 Å². The molecule has 0 saturated heterocycles. The summed E-state index contributed by atoms with van der Waals surface area (Å²) in [6, 6.07) is 6.55. The third kappa shape index (κ3) is 19.3. The summed E-state index contributed by atoms with van der Waals surface area (Å²) in [6.45, 7) is 15.3. The van der Waals surface area contributed by atoms with Gasteiger partial charge < -0.3 is 34.9 Å². The molecule has 0 aliphatic carbocycles. The highest BCUT2D eigenvalue weighted by Crippen LogP contribution is 2.15. The Labute approximate surface area is 271 Å². The van der Waals surface area contributed by atoms with Crippen LogP contribution in [0, 0.1) is 0 Å². The number of carbonyl (C=O) groups is 6. The Balaban J connectivity index is 2.81. The zero-order valence-corrected chi connectivity index (χ0v) is 28.6. The van der Waals surface area contributed by atoms with Gasteiger partial charge >= 0.3 is 24.0 Å². The molecule has 0 spiro atoms. The molecule has 0 aromatic heterocycles. The average molecular weight is 650 g/mol. The monoisotopic (exact) mass is 649 g/mol. The summed E-state index contributed by atoms with van der Waals surface area (Å²) in [4.78, 5) is 75.9. The Morgan fingerprint density at radius 2 is 1.20 bits per heavy atom. The summed E-state index contributed by atoms with van der Waals surface area (Å²) >= 11 is 0. The number of ether oxygens (including phenoxy) is 4. The molecule has 1 rings (SSSR count). The van der Waals surface area contributed by atoms with Gasteiger partial charge in [0.05, 0.1) is 6.42 Å². The molecule has 2 atom stereocenters. The lowest BCUT2D eigenvalue weighted by Gasteiger charge is -2.26. The average Bonchev–Trinajstić information content (AvgIpc) is 2.89.